The second-order valence-electron chi connectivity index (χ2n) is 4.77. The quantitative estimate of drug-likeness (QED) is 0.630. The molecule has 0 saturated carbocycles. The molecule has 0 aromatic carbocycles. The monoisotopic (exact) mass is 277 g/mol. The van der Waals surface area contributed by atoms with E-state index in [9.17, 15) is 8.42 Å². The lowest BCUT2D eigenvalue weighted by Crippen LogP contribution is -2.42. The second-order valence-corrected chi connectivity index (χ2v) is 6.81. The molecule has 0 atom stereocenters. The van der Waals surface area contributed by atoms with Crippen LogP contribution in [0.5, 0.6) is 0 Å². The highest BCUT2D eigenvalue weighted by Gasteiger charge is 2.26. The molecule has 1 fully saturated rings. The normalized spacial score (nSPS) is 18.4. The van der Waals surface area contributed by atoms with Gasteiger partial charge in [0.25, 0.3) is 0 Å². The zero-order valence-electron chi connectivity index (χ0n) is 11.6. The molecule has 18 heavy (non-hydrogen) atoms. The highest BCUT2D eigenvalue weighted by molar-refractivity contribution is 7.90. The lowest BCUT2D eigenvalue weighted by Gasteiger charge is -2.23. The summed E-state index contributed by atoms with van der Waals surface area (Å²) >= 11 is 0. The minimum Gasteiger partial charge on any atom is -0.317 e. The standard InChI is InChI=1S/C12H27N3O2S/c1-3-15(4-2)11-5-8-14-18(16,17)12-6-9-13-10-7-12/h12-14H,3-11H2,1-2H3. The zero-order valence-corrected chi connectivity index (χ0v) is 12.4. The average molecular weight is 277 g/mol. The van der Waals surface area contributed by atoms with Gasteiger partial charge in [0.05, 0.1) is 5.25 Å². The first-order valence-electron chi connectivity index (χ1n) is 7.01. The molecule has 0 radical (unpaired) electrons. The van der Waals surface area contributed by atoms with Crippen molar-refractivity contribution in [3.63, 3.8) is 0 Å². The summed E-state index contributed by atoms with van der Waals surface area (Å²) in [6.45, 7) is 9.45. The van der Waals surface area contributed by atoms with Crippen LogP contribution in [0.15, 0.2) is 0 Å². The van der Waals surface area contributed by atoms with Crippen molar-refractivity contribution in [1.29, 1.82) is 0 Å². The van der Waals surface area contributed by atoms with E-state index >= 15 is 0 Å². The average Bonchev–Trinajstić information content (AvgIpc) is 2.40. The summed E-state index contributed by atoms with van der Waals surface area (Å²) in [6, 6.07) is 0. The van der Waals surface area contributed by atoms with E-state index in [1.165, 1.54) is 0 Å². The molecule has 0 amide bonds. The van der Waals surface area contributed by atoms with Crippen molar-refractivity contribution in [3.05, 3.63) is 0 Å². The van der Waals surface area contributed by atoms with Gasteiger partial charge in [0.2, 0.25) is 10.0 Å². The van der Waals surface area contributed by atoms with Crippen LogP contribution < -0.4 is 10.0 Å². The maximum Gasteiger partial charge on any atom is 0.214 e. The fourth-order valence-electron chi connectivity index (χ4n) is 2.28. The molecule has 5 nitrogen and oxygen atoms in total. The number of rotatable bonds is 8. The van der Waals surface area contributed by atoms with Crippen molar-refractivity contribution < 1.29 is 8.42 Å². The maximum absolute atomic E-state index is 12.0. The fourth-order valence-corrected chi connectivity index (χ4v) is 3.80. The lowest BCUT2D eigenvalue weighted by atomic mass is 10.2. The Labute approximate surface area is 111 Å². The Morgan fingerprint density at radius 2 is 1.83 bits per heavy atom. The number of hydrogen-bond acceptors (Lipinski definition) is 4. The number of nitrogens with one attached hydrogen (secondary N) is 2. The van der Waals surface area contributed by atoms with Gasteiger partial charge in [-0.1, -0.05) is 13.8 Å². The van der Waals surface area contributed by atoms with Gasteiger partial charge >= 0.3 is 0 Å². The zero-order chi connectivity index (χ0) is 13.4. The molecule has 108 valence electrons. The van der Waals surface area contributed by atoms with E-state index in [0.29, 0.717) is 6.54 Å². The van der Waals surface area contributed by atoms with Crippen LogP contribution in [-0.4, -0.2) is 57.8 Å². The summed E-state index contributed by atoms with van der Waals surface area (Å²) < 4.78 is 26.8. The number of piperidine rings is 1. The molecule has 1 saturated heterocycles. The summed E-state index contributed by atoms with van der Waals surface area (Å²) in [6.07, 6.45) is 2.34. The molecule has 0 unspecified atom stereocenters. The van der Waals surface area contributed by atoms with E-state index in [1.54, 1.807) is 0 Å². The van der Waals surface area contributed by atoms with Gasteiger partial charge in [-0.2, -0.15) is 0 Å². The Morgan fingerprint density at radius 1 is 1.22 bits per heavy atom. The largest absolute Gasteiger partial charge is 0.317 e. The van der Waals surface area contributed by atoms with Gasteiger partial charge in [-0.05, 0) is 52.0 Å². The molecule has 1 aliphatic heterocycles. The highest BCUT2D eigenvalue weighted by Crippen LogP contribution is 2.11. The summed E-state index contributed by atoms with van der Waals surface area (Å²) in [7, 11) is -3.10. The molecule has 0 aromatic heterocycles. The fraction of sp³-hybridized carbons (Fsp3) is 1.00. The van der Waals surface area contributed by atoms with Gasteiger partial charge in [-0.15, -0.1) is 0 Å². The Hall–Kier alpha value is -0.170. The first-order valence-corrected chi connectivity index (χ1v) is 8.56. The Balaban J connectivity index is 2.24. The minimum atomic E-state index is -3.10. The van der Waals surface area contributed by atoms with Gasteiger partial charge in [0.1, 0.15) is 0 Å². The molecule has 1 rings (SSSR count). The molecule has 2 N–H and O–H groups in total. The first-order chi connectivity index (χ1) is 8.60. The number of hydrogen-bond donors (Lipinski definition) is 2. The predicted molar refractivity (Wildman–Crippen MR) is 75.2 cm³/mol. The molecular formula is C12H27N3O2S. The number of nitrogens with zero attached hydrogens (tertiary/aromatic N) is 1. The van der Waals surface area contributed by atoms with E-state index in [0.717, 1.165) is 52.0 Å². The Bertz CT molecular complexity index is 309. The van der Waals surface area contributed by atoms with Crippen molar-refractivity contribution >= 4 is 10.0 Å². The number of sulfonamides is 1. The summed E-state index contributed by atoms with van der Waals surface area (Å²) in [5.41, 5.74) is 0. The SMILES string of the molecule is CCN(CC)CCCNS(=O)(=O)C1CCNCC1. The lowest BCUT2D eigenvalue weighted by molar-refractivity contribution is 0.300. The topological polar surface area (TPSA) is 61.4 Å². The molecular weight excluding hydrogens is 250 g/mol. The van der Waals surface area contributed by atoms with Gasteiger partial charge in [-0.25, -0.2) is 13.1 Å². The minimum absolute atomic E-state index is 0.202. The van der Waals surface area contributed by atoms with Crippen molar-refractivity contribution in [2.75, 3.05) is 39.3 Å². The van der Waals surface area contributed by atoms with Crippen LogP contribution in [0.25, 0.3) is 0 Å². The second kappa shape index (κ2) is 8.09. The van der Waals surface area contributed by atoms with Crippen LogP contribution in [0.1, 0.15) is 33.1 Å². The van der Waals surface area contributed by atoms with Crippen LogP contribution in [-0.2, 0) is 10.0 Å². The molecule has 6 heteroatoms. The van der Waals surface area contributed by atoms with E-state index in [2.05, 4.69) is 28.8 Å². The smallest absolute Gasteiger partial charge is 0.214 e. The van der Waals surface area contributed by atoms with Crippen molar-refractivity contribution in [1.82, 2.24) is 14.9 Å². The molecule has 1 heterocycles. The Morgan fingerprint density at radius 3 is 2.39 bits per heavy atom. The molecule has 0 bridgehead atoms. The van der Waals surface area contributed by atoms with Crippen molar-refractivity contribution in [2.24, 2.45) is 0 Å². The first kappa shape index (κ1) is 15.9. The predicted octanol–water partition coefficient (Wildman–Crippen LogP) is 0.390. The van der Waals surface area contributed by atoms with E-state index in [-0.39, 0.29) is 5.25 Å². The van der Waals surface area contributed by atoms with Gasteiger partial charge in [0.15, 0.2) is 0 Å². The van der Waals surface area contributed by atoms with E-state index in [4.69, 9.17) is 0 Å². The summed E-state index contributed by atoms with van der Waals surface area (Å²) in [4.78, 5) is 2.30. The van der Waals surface area contributed by atoms with Crippen LogP contribution in [0.2, 0.25) is 0 Å². The third-order valence-electron chi connectivity index (χ3n) is 3.57. The van der Waals surface area contributed by atoms with Crippen LogP contribution >= 0.6 is 0 Å². The molecule has 0 aliphatic carbocycles. The van der Waals surface area contributed by atoms with Crippen LogP contribution in [0.3, 0.4) is 0 Å². The third-order valence-corrected chi connectivity index (χ3v) is 5.53. The highest BCUT2D eigenvalue weighted by atomic mass is 32.2. The van der Waals surface area contributed by atoms with E-state index < -0.39 is 10.0 Å². The van der Waals surface area contributed by atoms with Gasteiger partial charge < -0.3 is 10.2 Å². The van der Waals surface area contributed by atoms with Crippen LogP contribution in [0.4, 0.5) is 0 Å². The van der Waals surface area contributed by atoms with Crippen molar-refractivity contribution in [3.8, 4) is 0 Å². The molecule has 0 aromatic rings. The third kappa shape index (κ3) is 5.22. The van der Waals surface area contributed by atoms with Gasteiger partial charge in [0, 0.05) is 6.54 Å². The van der Waals surface area contributed by atoms with Crippen molar-refractivity contribution in [2.45, 2.75) is 38.4 Å². The molecule has 1 aliphatic rings. The van der Waals surface area contributed by atoms with Crippen LogP contribution in [0, 0.1) is 0 Å². The maximum atomic E-state index is 12.0. The summed E-state index contributed by atoms with van der Waals surface area (Å²) in [5, 5.41) is 2.98. The molecule has 0 spiro atoms. The van der Waals surface area contributed by atoms with Gasteiger partial charge in [-0.3, -0.25) is 0 Å². The summed E-state index contributed by atoms with van der Waals surface area (Å²) in [5.74, 6) is 0. The Kier molecular flexibility index (Phi) is 7.14. The van der Waals surface area contributed by atoms with E-state index in [1.807, 2.05) is 0 Å².